The second-order valence-corrected chi connectivity index (χ2v) is 8.13. The van der Waals surface area contributed by atoms with Gasteiger partial charge in [0, 0.05) is 42.9 Å². The third-order valence-corrected chi connectivity index (χ3v) is 6.19. The van der Waals surface area contributed by atoms with Crippen LogP contribution >= 0.6 is 0 Å². The molecule has 158 valence electrons. The quantitative estimate of drug-likeness (QED) is 0.648. The summed E-state index contributed by atoms with van der Waals surface area (Å²) in [6.07, 6.45) is 5.41. The molecule has 0 spiro atoms. The number of hydrogen-bond acceptors (Lipinski definition) is 6. The van der Waals surface area contributed by atoms with Crippen LogP contribution in [0.25, 0.3) is 5.65 Å². The molecule has 2 atom stereocenters. The third kappa shape index (κ3) is 3.32. The van der Waals surface area contributed by atoms with E-state index >= 15 is 0 Å². The minimum atomic E-state index is -0.0130. The predicted octanol–water partition coefficient (Wildman–Crippen LogP) is 3.07. The molecule has 4 heterocycles. The Bertz CT molecular complexity index is 1060. The second-order valence-electron chi connectivity index (χ2n) is 8.13. The van der Waals surface area contributed by atoms with Gasteiger partial charge >= 0.3 is 0 Å². The van der Waals surface area contributed by atoms with Gasteiger partial charge in [0.05, 0.1) is 24.6 Å². The van der Waals surface area contributed by atoms with Gasteiger partial charge in [-0.3, -0.25) is 4.90 Å². The highest BCUT2D eigenvalue weighted by atomic mass is 16.5. The third-order valence-electron chi connectivity index (χ3n) is 6.19. The van der Waals surface area contributed by atoms with Crippen molar-refractivity contribution in [3.05, 3.63) is 53.0 Å². The van der Waals surface area contributed by atoms with Crippen LogP contribution in [0.1, 0.15) is 48.3 Å². The van der Waals surface area contributed by atoms with Crippen LogP contribution in [0, 0.1) is 6.92 Å². The minimum absolute atomic E-state index is 0.0130. The van der Waals surface area contributed by atoms with E-state index in [9.17, 15) is 0 Å². The van der Waals surface area contributed by atoms with E-state index in [0.29, 0.717) is 24.4 Å². The van der Waals surface area contributed by atoms with E-state index in [1.54, 1.807) is 0 Å². The van der Waals surface area contributed by atoms with Crippen LogP contribution in [0.5, 0.6) is 11.5 Å². The molecule has 5 rings (SSSR count). The van der Waals surface area contributed by atoms with E-state index in [1.807, 2.05) is 30.5 Å². The van der Waals surface area contributed by atoms with Crippen molar-refractivity contribution in [1.29, 1.82) is 0 Å². The Hall–Kier alpha value is -2.64. The van der Waals surface area contributed by atoms with E-state index in [-0.39, 0.29) is 13.2 Å². The molecule has 1 aromatic carbocycles. The van der Waals surface area contributed by atoms with E-state index in [0.717, 1.165) is 36.5 Å². The molecule has 2 aromatic heterocycles. The first-order valence-electron chi connectivity index (χ1n) is 10.8. The lowest BCUT2D eigenvalue weighted by Gasteiger charge is -2.36. The van der Waals surface area contributed by atoms with Gasteiger partial charge in [0.15, 0.2) is 17.1 Å². The Morgan fingerprint density at radius 1 is 1.17 bits per heavy atom. The molecule has 1 saturated heterocycles. The van der Waals surface area contributed by atoms with Gasteiger partial charge in [0.1, 0.15) is 6.61 Å². The molecule has 30 heavy (non-hydrogen) atoms. The van der Waals surface area contributed by atoms with Gasteiger partial charge in [-0.05, 0) is 44.4 Å². The van der Waals surface area contributed by atoms with Gasteiger partial charge < -0.3 is 14.6 Å². The summed E-state index contributed by atoms with van der Waals surface area (Å²) in [5, 5.41) is 13.7. The standard InChI is InChI=1S/C23H28N4O3/c1-3-29-22-11-16(4-7-21(22)30-9-8-28)14-26-17-5-6-19(26)18-13-24-23-10-15(2)25-27(23)20(18)12-17/h4,7,10-11,13,17,19,28H,3,5-6,8-9,12,14H2,1-2H3/t17-,19-/m1/s1. The summed E-state index contributed by atoms with van der Waals surface area (Å²) in [7, 11) is 0. The predicted molar refractivity (Wildman–Crippen MR) is 113 cm³/mol. The number of fused-ring (bicyclic) bond motifs is 6. The summed E-state index contributed by atoms with van der Waals surface area (Å²) in [5.74, 6) is 1.42. The fourth-order valence-corrected chi connectivity index (χ4v) is 4.95. The molecule has 1 fully saturated rings. The zero-order chi connectivity index (χ0) is 20.7. The molecule has 2 bridgehead atoms. The van der Waals surface area contributed by atoms with Gasteiger partial charge in [-0.15, -0.1) is 0 Å². The first kappa shape index (κ1) is 19.3. The van der Waals surface area contributed by atoms with Crippen molar-refractivity contribution < 1.29 is 14.6 Å². The van der Waals surface area contributed by atoms with Crippen molar-refractivity contribution in [3.63, 3.8) is 0 Å². The maximum atomic E-state index is 9.05. The fourth-order valence-electron chi connectivity index (χ4n) is 4.95. The zero-order valence-corrected chi connectivity index (χ0v) is 17.5. The zero-order valence-electron chi connectivity index (χ0n) is 17.5. The first-order valence-corrected chi connectivity index (χ1v) is 10.8. The maximum absolute atomic E-state index is 9.05. The number of benzene rings is 1. The van der Waals surface area contributed by atoms with Gasteiger partial charge in [-0.1, -0.05) is 6.07 Å². The smallest absolute Gasteiger partial charge is 0.161 e. The Balaban J connectivity index is 1.42. The molecule has 0 unspecified atom stereocenters. The van der Waals surface area contributed by atoms with Crippen molar-refractivity contribution in [3.8, 4) is 11.5 Å². The Kier molecular flexibility index (Phi) is 5.08. The van der Waals surface area contributed by atoms with Crippen LogP contribution in [-0.4, -0.2) is 50.5 Å². The Morgan fingerprint density at radius 3 is 2.90 bits per heavy atom. The lowest BCUT2D eigenvalue weighted by Crippen LogP contribution is -2.38. The van der Waals surface area contributed by atoms with Gasteiger partial charge in [0.25, 0.3) is 0 Å². The molecule has 7 nitrogen and oxygen atoms in total. The number of aromatic nitrogens is 3. The van der Waals surface area contributed by atoms with Crippen LogP contribution in [-0.2, 0) is 13.0 Å². The highest BCUT2D eigenvalue weighted by Crippen LogP contribution is 2.44. The maximum Gasteiger partial charge on any atom is 0.161 e. The van der Waals surface area contributed by atoms with Crippen molar-refractivity contribution in [1.82, 2.24) is 19.5 Å². The molecular weight excluding hydrogens is 380 g/mol. The first-order chi connectivity index (χ1) is 14.7. The number of aryl methyl sites for hydroxylation is 1. The number of ether oxygens (including phenoxy) is 2. The topological polar surface area (TPSA) is 72.1 Å². The van der Waals surface area contributed by atoms with Gasteiger partial charge in [-0.25, -0.2) is 9.50 Å². The molecule has 0 saturated carbocycles. The average Bonchev–Trinajstić information content (AvgIpc) is 3.25. The summed E-state index contributed by atoms with van der Waals surface area (Å²) in [5.41, 5.74) is 5.79. The molecule has 0 radical (unpaired) electrons. The van der Waals surface area contributed by atoms with Crippen LogP contribution in [0.3, 0.4) is 0 Å². The van der Waals surface area contributed by atoms with Crippen molar-refractivity contribution in [2.75, 3.05) is 19.8 Å². The number of aliphatic hydroxyl groups is 1. The summed E-state index contributed by atoms with van der Waals surface area (Å²) >= 11 is 0. The van der Waals surface area contributed by atoms with Crippen LogP contribution in [0.2, 0.25) is 0 Å². The molecule has 1 N–H and O–H groups in total. The van der Waals surface area contributed by atoms with Crippen LogP contribution in [0.15, 0.2) is 30.5 Å². The lowest BCUT2D eigenvalue weighted by atomic mass is 9.98. The van der Waals surface area contributed by atoms with E-state index in [2.05, 4.69) is 33.3 Å². The molecule has 2 aliphatic rings. The van der Waals surface area contributed by atoms with Crippen molar-refractivity contribution in [2.45, 2.75) is 51.7 Å². The Labute approximate surface area is 176 Å². The highest BCUT2D eigenvalue weighted by Gasteiger charge is 2.41. The van der Waals surface area contributed by atoms with Gasteiger partial charge in [0.2, 0.25) is 0 Å². The van der Waals surface area contributed by atoms with E-state index in [4.69, 9.17) is 14.6 Å². The largest absolute Gasteiger partial charge is 0.490 e. The van der Waals surface area contributed by atoms with Crippen molar-refractivity contribution >= 4 is 5.65 Å². The monoisotopic (exact) mass is 408 g/mol. The molecular formula is C23H28N4O3. The summed E-state index contributed by atoms with van der Waals surface area (Å²) < 4.78 is 13.5. The summed E-state index contributed by atoms with van der Waals surface area (Å²) in [6, 6.07) is 9.06. The summed E-state index contributed by atoms with van der Waals surface area (Å²) in [6.45, 7) is 5.68. The molecule has 2 aliphatic heterocycles. The van der Waals surface area contributed by atoms with Crippen LogP contribution in [0.4, 0.5) is 0 Å². The summed E-state index contributed by atoms with van der Waals surface area (Å²) in [4.78, 5) is 7.27. The van der Waals surface area contributed by atoms with E-state index < -0.39 is 0 Å². The molecule has 0 amide bonds. The van der Waals surface area contributed by atoms with Crippen molar-refractivity contribution in [2.24, 2.45) is 0 Å². The Morgan fingerprint density at radius 2 is 2.07 bits per heavy atom. The van der Waals surface area contributed by atoms with E-state index in [1.165, 1.54) is 23.2 Å². The minimum Gasteiger partial charge on any atom is -0.490 e. The molecule has 0 aliphatic carbocycles. The SMILES string of the molecule is CCOc1cc(CN2[C@@H]3CC[C@@H]2c2cnc4cc(C)nn4c2C3)ccc1OCCO. The number of rotatable bonds is 7. The molecule has 3 aromatic rings. The number of nitrogens with zero attached hydrogens (tertiary/aromatic N) is 4. The average molecular weight is 409 g/mol. The van der Waals surface area contributed by atoms with Gasteiger partial charge in [-0.2, -0.15) is 5.10 Å². The number of aliphatic hydroxyl groups excluding tert-OH is 1. The number of hydrogen-bond donors (Lipinski definition) is 1. The normalized spacial score (nSPS) is 20.5. The molecule has 7 heteroatoms. The highest BCUT2D eigenvalue weighted by molar-refractivity contribution is 5.45. The lowest BCUT2D eigenvalue weighted by molar-refractivity contribution is 0.164. The second kappa shape index (κ2) is 7.89. The fraction of sp³-hybridized carbons (Fsp3) is 0.478. The van der Waals surface area contributed by atoms with Crippen LogP contribution < -0.4 is 9.47 Å².